The van der Waals surface area contributed by atoms with Gasteiger partial charge in [0.05, 0.1) is 16.1 Å². The van der Waals surface area contributed by atoms with Gasteiger partial charge in [0.1, 0.15) is 28.9 Å². The third kappa shape index (κ3) is 3.46. The van der Waals surface area contributed by atoms with Crippen LogP contribution in [-0.2, 0) is 0 Å². The molecular formula is C20H13ClF2N2O4S. The first-order valence-electron chi connectivity index (χ1n) is 8.60. The Bertz CT molecular complexity index is 1290. The first kappa shape index (κ1) is 20.1. The smallest absolute Gasteiger partial charge is 0.349 e. The summed E-state index contributed by atoms with van der Waals surface area (Å²) in [6, 6.07) is 8.11. The molecule has 0 aliphatic rings. The van der Waals surface area contributed by atoms with Crippen LogP contribution < -0.4 is 4.74 Å². The van der Waals surface area contributed by atoms with Crippen LogP contribution in [0.25, 0.3) is 16.0 Å². The molecule has 154 valence electrons. The van der Waals surface area contributed by atoms with Crippen LogP contribution in [0.3, 0.4) is 0 Å². The minimum Gasteiger partial charge on any atom is -0.506 e. The molecule has 0 spiro atoms. The molecule has 30 heavy (non-hydrogen) atoms. The number of nitrogens with zero attached hydrogens (tertiary/aromatic N) is 2. The number of benzene rings is 2. The third-order valence-electron chi connectivity index (χ3n) is 4.46. The highest BCUT2D eigenvalue weighted by Gasteiger charge is 2.23. The molecule has 4 aromatic rings. The van der Waals surface area contributed by atoms with E-state index in [1.165, 1.54) is 23.0 Å². The number of aromatic hydroxyl groups is 1. The number of carbonyl (C=O) groups is 1. The predicted molar refractivity (Wildman–Crippen MR) is 108 cm³/mol. The van der Waals surface area contributed by atoms with E-state index < -0.39 is 23.7 Å². The number of aromatic nitrogens is 2. The summed E-state index contributed by atoms with van der Waals surface area (Å²) in [6.07, 6.45) is 0.677. The van der Waals surface area contributed by atoms with Crippen LogP contribution in [0.5, 0.6) is 11.5 Å². The van der Waals surface area contributed by atoms with Crippen molar-refractivity contribution in [2.45, 2.75) is 13.0 Å². The van der Waals surface area contributed by atoms with Crippen molar-refractivity contribution in [2.75, 3.05) is 0 Å². The van der Waals surface area contributed by atoms with Gasteiger partial charge in [-0.05, 0) is 13.0 Å². The molecule has 2 aromatic heterocycles. The summed E-state index contributed by atoms with van der Waals surface area (Å²) >= 11 is 7.01. The lowest BCUT2D eigenvalue weighted by Gasteiger charge is -2.16. The fourth-order valence-electron chi connectivity index (χ4n) is 3.00. The van der Waals surface area contributed by atoms with Crippen LogP contribution >= 0.6 is 22.9 Å². The Kier molecular flexibility index (Phi) is 5.08. The Balaban J connectivity index is 1.75. The molecule has 0 amide bonds. The standard InChI is InChI=1S/C20H13ClF2N2O4S/c1-9(10-3-2-4-15(26)18(10)21)29-16-7-17(30-19(16)20(27)28)25-8-24-13-5-11(22)12(23)6-14(13)25/h2-9,26H,1H3,(H,27,28)/t9-/m1/s1. The number of carboxylic acid groups (broad SMARTS) is 1. The Morgan fingerprint density at radius 3 is 2.73 bits per heavy atom. The fraction of sp³-hybridized carbons (Fsp3) is 0.100. The number of hydrogen-bond acceptors (Lipinski definition) is 5. The van der Waals surface area contributed by atoms with E-state index in [-0.39, 0.29) is 32.4 Å². The van der Waals surface area contributed by atoms with Gasteiger partial charge in [0.2, 0.25) is 0 Å². The van der Waals surface area contributed by atoms with E-state index in [1.54, 1.807) is 19.1 Å². The van der Waals surface area contributed by atoms with Crippen LogP contribution in [0, 0.1) is 11.6 Å². The van der Waals surface area contributed by atoms with Crippen LogP contribution in [-0.4, -0.2) is 25.7 Å². The average Bonchev–Trinajstić information content (AvgIpc) is 3.28. The molecule has 10 heteroatoms. The van der Waals surface area contributed by atoms with Gasteiger partial charge in [-0.2, -0.15) is 0 Å². The highest BCUT2D eigenvalue weighted by atomic mass is 35.5. The van der Waals surface area contributed by atoms with Crippen LogP contribution in [0.4, 0.5) is 8.78 Å². The molecule has 2 N–H and O–H groups in total. The fourth-order valence-corrected chi connectivity index (χ4v) is 4.20. The summed E-state index contributed by atoms with van der Waals surface area (Å²) in [5.74, 6) is -3.32. The van der Waals surface area contributed by atoms with E-state index in [4.69, 9.17) is 16.3 Å². The summed E-state index contributed by atoms with van der Waals surface area (Å²) in [5, 5.41) is 19.9. The quantitative estimate of drug-likeness (QED) is 0.415. The third-order valence-corrected chi connectivity index (χ3v) is 5.97. The number of halogens is 3. The van der Waals surface area contributed by atoms with Gasteiger partial charge < -0.3 is 14.9 Å². The van der Waals surface area contributed by atoms with E-state index in [0.717, 1.165) is 23.5 Å². The molecule has 4 rings (SSSR count). The second-order valence-electron chi connectivity index (χ2n) is 6.39. The minimum absolute atomic E-state index is 0.0684. The summed E-state index contributed by atoms with van der Waals surface area (Å²) in [5.41, 5.74) is 0.982. The molecular weight excluding hydrogens is 438 g/mol. The number of hydrogen-bond donors (Lipinski definition) is 2. The molecule has 0 saturated heterocycles. The molecule has 0 radical (unpaired) electrons. The highest BCUT2D eigenvalue weighted by molar-refractivity contribution is 7.16. The molecule has 2 aromatic carbocycles. The number of carboxylic acids is 1. The average molecular weight is 451 g/mol. The van der Waals surface area contributed by atoms with E-state index in [1.807, 2.05) is 0 Å². The van der Waals surface area contributed by atoms with Gasteiger partial charge in [-0.1, -0.05) is 23.7 Å². The van der Waals surface area contributed by atoms with Crippen molar-refractivity contribution >= 4 is 39.9 Å². The van der Waals surface area contributed by atoms with Crippen molar-refractivity contribution in [2.24, 2.45) is 0 Å². The Morgan fingerprint density at radius 2 is 2.00 bits per heavy atom. The number of fused-ring (bicyclic) bond motifs is 1. The number of aromatic carboxylic acids is 1. The molecule has 0 aliphatic carbocycles. The maximum atomic E-state index is 13.7. The Labute approximate surface area is 177 Å². The van der Waals surface area contributed by atoms with Crippen LogP contribution in [0.1, 0.15) is 28.3 Å². The van der Waals surface area contributed by atoms with E-state index in [9.17, 15) is 23.8 Å². The predicted octanol–water partition coefficient (Wildman–Crippen LogP) is 5.56. The van der Waals surface area contributed by atoms with E-state index >= 15 is 0 Å². The molecule has 6 nitrogen and oxygen atoms in total. The number of thiophene rings is 1. The normalized spacial score (nSPS) is 12.3. The van der Waals surface area contributed by atoms with Crippen molar-refractivity contribution in [1.82, 2.24) is 9.55 Å². The summed E-state index contributed by atoms with van der Waals surface area (Å²) < 4.78 is 34.4. The maximum Gasteiger partial charge on any atom is 0.349 e. The zero-order chi connectivity index (χ0) is 21.6. The maximum absolute atomic E-state index is 13.7. The van der Waals surface area contributed by atoms with Crippen LogP contribution in [0.2, 0.25) is 5.02 Å². The Morgan fingerprint density at radius 1 is 1.27 bits per heavy atom. The second kappa shape index (κ2) is 7.58. The molecule has 0 aliphatic heterocycles. The summed E-state index contributed by atoms with van der Waals surface area (Å²) in [4.78, 5) is 15.7. The molecule has 0 saturated carbocycles. The topological polar surface area (TPSA) is 84.6 Å². The largest absolute Gasteiger partial charge is 0.506 e. The molecule has 1 atom stereocenters. The van der Waals surface area contributed by atoms with Crippen molar-refractivity contribution in [3.8, 4) is 16.5 Å². The number of rotatable bonds is 5. The monoisotopic (exact) mass is 450 g/mol. The number of phenols is 1. The Hall–Kier alpha value is -3.17. The molecule has 0 bridgehead atoms. The van der Waals surface area contributed by atoms with Crippen molar-refractivity contribution in [1.29, 1.82) is 0 Å². The number of imidazole rings is 1. The summed E-state index contributed by atoms with van der Waals surface area (Å²) in [6.45, 7) is 1.66. The lowest BCUT2D eigenvalue weighted by molar-refractivity contribution is 0.0695. The summed E-state index contributed by atoms with van der Waals surface area (Å²) in [7, 11) is 0. The van der Waals surface area contributed by atoms with Gasteiger partial charge in [0.25, 0.3) is 0 Å². The van der Waals surface area contributed by atoms with Gasteiger partial charge in [-0.25, -0.2) is 18.6 Å². The zero-order valence-corrected chi connectivity index (χ0v) is 16.8. The molecule has 0 unspecified atom stereocenters. The van der Waals surface area contributed by atoms with Gasteiger partial charge in [-0.15, -0.1) is 11.3 Å². The molecule has 0 fully saturated rings. The van der Waals surface area contributed by atoms with Gasteiger partial charge in [0, 0.05) is 23.8 Å². The zero-order valence-electron chi connectivity index (χ0n) is 15.3. The first-order chi connectivity index (χ1) is 14.3. The second-order valence-corrected chi connectivity index (χ2v) is 7.80. The van der Waals surface area contributed by atoms with Crippen LogP contribution in [0.15, 0.2) is 42.7 Å². The van der Waals surface area contributed by atoms with E-state index in [0.29, 0.717) is 10.6 Å². The lowest BCUT2D eigenvalue weighted by atomic mass is 10.1. The molecule has 2 heterocycles. The highest BCUT2D eigenvalue weighted by Crippen LogP contribution is 2.38. The van der Waals surface area contributed by atoms with Gasteiger partial charge in [-0.3, -0.25) is 4.57 Å². The van der Waals surface area contributed by atoms with Crippen molar-refractivity contribution in [3.63, 3.8) is 0 Å². The lowest BCUT2D eigenvalue weighted by Crippen LogP contribution is -2.06. The SMILES string of the molecule is C[C@@H](Oc1cc(-n2cnc3cc(F)c(F)cc32)sc1C(=O)O)c1cccc(O)c1Cl. The number of ether oxygens (including phenoxy) is 1. The number of phenolic OH excluding ortho intramolecular Hbond substituents is 1. The first-order valence-corrected chi connectivity index (χ1v) is 9.79. The minimum atomic E-state index is -1.21. The van der Waals surface area contributed by atoms with Crippen molar-refractivity contribution < 1.29 is 28.5 Å². The van der Waals surface area contributed by atoms with Crippen molar-refractivity contribution in [3.05, 3.63) is 69.8 Å². The van der Waals surface area contributed by atoms with E-state index in [2.05, 4.69) is 4.98 Å². The van der Waals surface area contributed by atoms with Gasteiger partial charge in [0.15, 0.2) is 16.5 Å². The van der Waals surface area contributed by atoms with Gasteiger partial charge >= 0.3 is 5.97 Å².